The van der Waals surface area contributed by atoms with Crippen molar-refractivity contribution >= 4 is 0 Å². The van der Waals surface area contributed by atoms with E-state index in [2.05, 4.69) is 17.1 Å². The molecule has 1 heterocycles. The van der Waals surface area contributed by atoms with Crippen LogP contribution in [0.5, 0.6) is 0 Å². The summed E-state index contributed by atoms with van der Waals surface area (Å²) in [7, 11) is 0. The van der Waals surface area contributed by atoms with Gasteiger partial charge in [0.25, 0.3) is 0 Å². The zero-order chi connectivity index (χ0) is 12.4. The summed E-state index contributed by atoms with van der Waals surface area (Å²) < 4.78 is 0. The molecule has 2 heteroatoms. The van der Waals surface area contributed by atoms with Crippen molar-refractivity contribution in [3.05, 3.63) is 0 Å². The van der Waals surface area contributed by atoms with Gasteiger partial charge in [-0.2, -0.15) is 0 Å². The lowest BCUT2D eigenvalue weighted by atomic mass is 9.88. The fraction of sp³-hybridized carbons (Fsp3) is 1.00. The minimum atomic E-state index is 0.774. The van der Waals surface area contributed by atoms with Gasteiger partial charge in [-0.1, -0.05) is 26.2 Å². The van der Waals surface area contributed by atoms with E-state index in [0.29, 0.717) is 0 Å². The lowest BCUT2D eigenvalue weighted by Gasteiger charge is -2.38. The molecule has 0 bridgehead atoms. The molecule has 0 radical (unpaired) electrons. The minimum Gasteiger partial charge on any atom is -0.312 e. The van der Waals surface area contributed by atoms with E-state index in [0.717, 1.165) is 23.9 Å². The normalized spacial score (nSPS) is 35.8. The van der Waals surface area contributed by atoms with Crippen LogP contribution >= 0.6 is 0 Å². The molecule has 104 valence electrons. The van der Waals surface area contributed by atoms with Gasteiger partial charge in [0.1, 0.15) is 0 Å². The molecule has 0 aromatic heterocycles. The van der Waals surface area contributed by atoms with E-state index in [1.807, 2.05) is 0 Å². The topological polar surface area (TPSA) is 15.3 Å². The number of nitrogens with one attached hydrogen (secondary N) is 1. The lowest BCUT2D eigenvalue weighted by Crippen LogP contribution is -2.50. The highest BCUT2D eigenvalue weighted by atomic mass is 15.2. The summed E-state index contributed by atoms with van der Waals surface area (Å²) in [6, 6.07) is 1.73. The Morgan fingerprint density at radius 2 is 1.78 bits per heavy atom. The molecule has 0 aromatic rings. The zero-order valence-electron chi connectivity index (χ0n) is 12.0. The Kier molecular flexibility index (Phi) is 4.25. The molecule has 1 saturated heterocycles. The average Bonchev–Trinajstić information content (AvgIpc) is 3.21. The minimum absolute atomic E-state index is 0.774. The maximum Gasteiger partial charge on any atom is 0.0198 e. The monoisotopic (exact) mass is 250 g/mol. The molecule has 2 unspecified atom stereocenters. The number of nitrogens with zero attached hydrogens (tertiary/aromatic N) is 1. The molecule has 2 atom stereocenters. The van der Waals surface area contributed by atoms with Crippen LogP contribution in [0.3, 0.4) is 0 Å². The van der Waals surface area contributed by atoms with E-state index in [9.17, 15) is 0 Å². The molecule has 3 fully saturated rings. The summed E-state index contributed by atoms with van der Waals surface area (Å²) in [4.78, 5) is 2.76. The fourth-order valence-corrected chi connectivity index (χ4v) is 4.00. The van der Waals surface area contributed by atoms with Gasteiger partial charge < -0.3 is 5.32 Å². The van der Waals surface area contributed by atoms with Gasteiger partial charge in [-0.15, -0.1) is 0 Å². The number of hydrogen-bond donors (Lipinski definition) is 1. The molecule has 0 spiro atoms. The van der Waals surface area contributed by atoms with Crippen LogP contribution < -0.4 is 5.32 Å². The van der Waals surface area contributed by atoms with Crippen LogP contribution in [0.2, 0.25) is 0 Å². The Labute approximate surface area is 113 Å². The molecule has 0 amide bonds. The van der Waals surface area contributed by atoms with Gasteiger partial charge in [0.15, 0.2) is 0 Å². The number of likely N-dealkylation sites (tertiary alicyclic amines) is 1. The Morgan fingerprint density at radius 1 is 1.00 bits per heavy atom. The van der Waals surface area contributed by atoms with Crippen molar-refractivity contribution in [3.63, 3.8) is 0 Å². The summed E-state index contributed by atoms with van der Waals surface area (Å²) in [6.07, 6.45) is 11.7. The van der Waals surface area contributed by atoms with E-state index in [-0.39, 0.29) is 0 Å². The Morgan fingerprint density at radius 3 is 2.50 bits per heavy atom. The van der Waals surface area contributed by atoms with E-state index >= 15 is 0 Å². The molecule has 3 rings (SSSR count). The molecular formula is C16H30N2. The molecule has 2 aliphatic carbocycles. The second-order valence-corrected chi connectivity index (χ2v) is 7.14. The predicted molar refractivity (Wildman–Crippen MR) is 76.7 cm³/mol. The first kappa shape index (κ1) is 12.9. The first-order chi connectivity index (χ1) is 8.81. The highest BCUT2D eigenvalue weighted by molar-refractivity contribution is 4.91. The van der Waals surface area contributed by atoms with E-state index in [1.165, 1.54) is 71.0 Å². The van der Waals surface area contributed by atoms with Gasteiger partial charge in [0, 0.05) is 25.2 Å². The van der Waals surface area contributed by atoms with Crippen LogP contribution in [0, 0.1) is 11.8 Å². The third kappa shape index (κ3) is 3.48. The maximum absolute atomic E-state index is 3.89. The van der Waals surface area contributed by atoms with Crippen LogP contribution in [-0.2, 0) is 0 Å². The number of hydrogen-bond acceptors (Lipinski definition) is 2. The molecule has 0 aromatic carbocycles. The van der Waals surface area contributed by atoms with Gasteiger partial charge >= 0.3 is 0 Å². The van der Waals surface area contributed by atoms with Gasteiger partial charge in [-0.3, -0.25) is 4.90 Å². The average molecular weight is 250 g/mol. The fourth-order valence-electron chi connectivity index (χ4n) is 4.00. The Bertz CT molecular complexity index is 256. The molecule has 18 heavy (non-hydrogen) atoms. The zero-order valence-corrected chi connectivity index (χ0v) is 12.0. The standard InChI is InChI=1S/C16H30N2/c1-13-9-15(12-18(11-13)16-7-8-16)17-10-14-5-3-2-4-6-14/h13-17H,2-12H2,1H3. The van der Waals surface area contributed by atoms with Crippen LogP contribution in [-0.4, -0.2) is 36.6 Å². The quantitative estimate of drug-likeness (QED) is 0.825. The Hall–Kier alpha value is -0.0800. The van der Waals surface area contributed by atoms with Gasteiger partial charge in [0.2, 0.25) is 0 Å². The van der Waals surface area contributed by atoms with E-state index in [4.69, 9.17) is 0 Å². The van der Waals surface area contributed by atoms with Crippen molar-refractivity contribution < 1.29 is 0 Å². The van der Waals surface area contributed by atoms with Crippen molar-refractivity contribution in [3.8, 4) is 0 Å². The van der Waals surface area contributed by atoms with Crippen molar-refractivity contribution in [2.45, 2.75) is 70.4 Å². The van der Waals surface area contributed by atoms with Crippen molar-refractivity contribution in [1.29, 1.82) is 0 Å². The maximum atomic E-state index is 3.89. The van der Waals surface area contributed by atoms with Gasteiger partial charge in [-0.05, 0) is 50.5 Å². The second kappa shape index (κ2) is 5.92. The smallest absolute Gasteiger partial charge is 0.0198 e. The number of piperidine rings is 1. The van der Waals surface area contributed by atoms with Crippen molar-refractivity contribution in [2.75, 3.05) is 19.6 Å². The summed E-state index contributed by atoms with van der Waals surface area (Å²) in [5.74, 6) is 1.87. The third-order valence-corrected chi connectivity index (χ3v) is 5.17. The highest BCUT2D eigenvalue weighted by Gasteiger charge is 2.34. The van der Waals surface area contributed by atoms with Gasteiger partial charge in [0.05, 0.1) is 0 Å². The van der Waals surface area contributed by atoms with Crippen LogP contribution in [0.4, 0.5) is 0 Å². The predicted octanol–water partition coefficient (Wildman–Crippen LogP) is 3.03. The van der Waals surface area contributed by atoms with Crippen molar-refractivity contribution in [2.24, 2.45) is 11.8 Å². The summed E-state index contributed by atoms with van der Waals surface area (Å²) >= 11 is 0. The molecule has 3 aliphatic rings. The first-order valence-electron chi connectivity index (χ1n) is 8.28. The molecule has 1 N–H and O–H groups in total. The third-order valence-electron chi connectivity index (χ3n) is 5.17. The number of rotatable bonds is 4. The molecular weight excluding hydrogens is 220 g/mol. The van der Waals surface area contributed by atoms with Gasteiger partial charge in [-0.25, -0.2) is 0 Å². The van der Waals surface area contributed by atoms with Crippen LogP contribution in [0.15, 0.2) is 0 Å². The first-order valence-corrected chi connectivity index (χ1v) is 8.28. The van der Waals surface area contributed by atoms with Crippen LogP contribution in [0.25, 0.3) is 0 Å². The SMILES string of the molecule is CC1CC(NCC2CCCCC2)CN(C2CC2)C1. The largest absolute Gasteiger partial charge is 0.312 e. The summed E-state index contributed by atoms with van der Waals surface area (Å²) in [5, 5.41) is 3.89. The lowest BCUT2D eigenvalue weighted by molar-refractivity contribution is 0.137. The van der Waals surface area contributed by atoms with E-state index < -0.39 is 0 Å². The molecule has 1 aliphatic heterocycles. The van der Waals surface area contributed by atoms with Crippen LogP contribution in [0.1, 0.15) is 58.3 Å². The molecule has 2 nitrogen and oxygen atoms in total. The Balaban J connectivity index is 1.43. The summed E-state index contributed by atoms with van der Waals surface area (Å²) in [5.41, 5.74) is 0. The molecule has 2 saturated carbocycles. The highest BCUT2D eigenvalue weighted by Crippen LogP contribution is 2.31. The van der Waals surface area contributed by atoms with Crippen molar-refractivity contribution in [1.82, 2.24) is 10.2 Å². The van der Waals surface area contributed by atoms with E-state index in [1.54, 1.807) is 0 Å². The summed E-state index contributed by atoms with van der Waals surface area (Å²) in [6.45, 7) is 6.40. The second-order valence-electron chi connectivity index (χ2n) is 7.14.